The minimum absolute atomic E-state index is 0.0726. The lowest BCUT2D eigenvalue weighted by atomic mass is 9.86. The van der Waals surface area contributed by atoms with E-state index in [9.17, 15) is 4.79 Å². The highest BCUT2D eigenvalue weighted by Gasteiger charge is 2.47. The number of nitrogens with zero attached hydrogens (tertiary/aromatic N) is 2. The van der Waals surface area contributed by atoms with Gasteiger partial charge in [-0.1, -0.05) is 46.0 Å². The van der Waals surface area contributed by atoms with Crippen molar-refractivity contribution >= 4 is 31.3 Å². The molecule has 1 amide bonds. The predicted molar refractivity (Wildman–Crippen MR) is 113 cm³/mol. The summed E-state index contributed by atoms with van der Waals surface area (Å²) in [5.41, 5.74) is 1.94. The van der Waals surface area contributed by atoms with Crippen molar-refractivity contribution in [3.05, 3.63) is 29.6 Å². The lowest BCUT2D eigenvalue weighted by Gasteiger charge is -2.50. The molecular weight excluding hydrogens is 360 g/mol. The fraction of sp³-hybridized carbons (Fsp3) is 0.650. The standard InChI is InChI=1S/C20H32N2O2SSi/c1-13-9-10-16(21-12-13)19(25)14(2)17-11-18(23)22(17)15(3)24-26(7,8)20(4,5)6/h9-10,12,14-15,17H,11H2,1-8H3/t14-,15?,17?/m1/s1. The van der Waals surface area contributed by atoms with Crippen molar-refractivity contribution in [1.29, 1.82) is 0 Å². The van der Waals surface area contributed by atoms with Gasteiger partial charge in [-0.15, -0.1) is 0 Å². The highest BCUT2D eigenvalue weighted by molar-refractivity contribution is 7.80. The highest BCUT2D eigenvalue weighted by Crippen LogP contribution is 2.39. The molecule has 2 rings (SSSR count). The molecule has 0 radical (unpaired) electrons. The van der Waals surface area contributed by atoms with Crippen LogP contribution >= 0.6 is 12.2 Å². The molecule has 1 aromatic heterocycles. The van der Waals surface area contributed by atoms with Crippen LogP contribution in [0.25, 0.3) is 0 Å². The van der Waals surface area contributed by atoms with E-state index < -0.39 is 8.32 Å². The SMILES string of the molecule is Cc1ccc(C(=S)[C@H](C)C2CC(=O)N2C(C)O[Si](C)(C)C(C)(C)C)nc1. The van der Waals surface area contributed by atoms with E-state index in [-0.39, 0.29) is 29.1 Å². The minimum Gasteiger partial charge on any atom is -0.397 e. The molecule has 2 heterocycles. The van der Waals surface area contributed by atoms with Crippen molar-refractivity contribution in [2.24, 2.45) is 5.92 Å². The van der Waals surface area contributed by atoms with Crippen LogP contribution in [0.15, 0.2) is 18.3 Å². The summed E-state index contributed by atoms with van der Waals surface area (Å²) in [6, 6.07) is 4.07. The molecule has 0 spiro atoms. The van der Waals surface area contributed by atoms with E-state index >= 15 is 0 Å². The number of carbonyl (C=O) groups excluding carboxylic acids is 1. The smallest absolute Gasteiger partial charge is 0.226 e. The maximum atomic E-state index is 12.3. The van der Waals surface area contributed by atoms with Crippen molar-refractivity contribution in [1.82, 2.24) is 9.88 Å². The van der Waals surface area contributed by atoms with Crippen molar-refractivity contribution in [3.8, 4) is 0 Å². The van der Waals surface area contributed by atoms with E-state index in [0.717, 1.165) is 16.1 Å². The van der Waals surface area contributed by atoms with Crippen molar-refractivity contribution < 1.29 is 9.22 Å². The number of hydrogen-bond donors (Lipinski definition) is 0. The van der Waals surface area contributed by atoms with Gasteiger partial charge in [0.15, 0.2) is 8.32 Å². The molecule has 1 aromatic rings. The summed E-state index contributed by atoms with van der Waals surface area (Å²) in [4.78, 5) is 19.5. The summed E-state index contributed by atoms with van der Waals surface area (Å²) in [7, 11) is -1.94. The van der Waals surface area contributed by atoms with Gasteiger partial charge in [-0.2, -0.15) is 0 Å². The molecule has 6 heteroatoms. The summed E-state index contributed by atoms with van der Waals surface area (Å²) < 4.78 is 6.44. The van der Waals surface area contributed by atoms with E-state index in [1.54, 1.807) is 0 Å². The second-order valence-corrected chi connectivity index (χ2v) is 14.1. The van der Waals surface area contributed by atoms with Crippen LogP contribution in [0, 0.1) is 12.8 Å². The zero-order valence-corrected chi connectivity index (χ0v) is 19.1. The monoisotopic (exact) mass is 392 g/mol. The molecule has 1 aliphatic heterocycles. The average molecular weight is 393 g/mol. The Bertz CT molecular complexity index is 682. The summed E-state index contributed by atoms with van der Waals surface area (Å²) in [6.45, 7) is 17.2. The fourth-order valence-electron chi connectivity index (χ4n) is 3.03. The zero-order chi connectivity index (χ0) is 19.9. The summed E-state index contributed by atoms with van der Waals surface area (Å²) in [6.07, 6.45) is 2.14. The predicted octanol–water partition coefficient (Wildman–Crippen LogP) is 4.71. The molecule has 0 aliphatic carbocycles. The number of carbonyl (C=O) groups is 1. The number of thiocarbonyl (C=S) groups is 1. The number of amides is 1. The maximum Gasteiger partial charge on any atom is 0.226 e. The summed E-state index contributed by atoms with van der Waals surface area (Å²) in [5, 5.41) is 0.109. The molecule has 2 unspecified atom stereocenters. The number of pyridine rings is 1. The van der Waals surface area contributed by atoms with Crippen LogP contribution in [0.2, 0.25) is 18.1 Å². The van der Waals surface area contributed by atoms with Crippen molar-refractivity contribution in [3.63, 3.8) is 0 Å². The van der Waals surface area contributed by atoms with Crippen molar-refractivity contribution in [2.75, 3.05) is 0 Å². The van der Waals surface area contributed by atoms with Gasteiger partial charge in [-0.3, -0.25) is 9.78 Å². The van der Waals surface area contributed by atoms with Crippen LogP contribution in [0.4, 0.5) is 0 Å². The number of likely N-dealkylation sites (tertiary alicyclic amines) is 1. The fourth-order valence-corrected chi connectivity index (χ4v) is 4.62. The van der Waals surface area contributed by atoms with Crippen LogP contribution in [0.1, 0.15) is 52.3 Å². The van der Waals surface area contributed by atoms with Gasteiger partial charge in [-0.25, -0.2) is 0 Å². The maximum absolute atomic E-state index is 12.3. The third-order valence-electron chi connectivity index (χ3n) is 5.85. The minimum atomic E-state index is -1.94. The second kappa shape index (κ2) is 7.48. The number of rotatable bonds is 6. The Morgan fingerprint density at radius 3 is 2.42 bits per heavy atom. The lowest BCUT2D eigenvalue weighted by Crippen LogP contribution is -2.62. The molecule has 0 aromatic carbocycles. The van der Waals surface area contributed by atoms with E-state index in [2.05, 4.69) is 45.8 Å². The van der Waals surface area contributed by atoms with Gasteiger partial charge in [0, 0.05) is 23.4 Å². The van der Waals surface area contributed by atoms with Gasteiger partial charge in [0.25, 0.3) is 0 Å². The lowest BCUT2D eigenvalue weighted by molar-refractivity contribution is -0.161. The molecule has 0 bridgehead atoms. The quantitative estimate of drug-likeness (QED) is 0.304. The molecule has 0 saturated carbocycles. The number of aryl methyl sites for hydroxylation is 1. The van der Waals surface area contributed by atoms with Crippen LogP contribution in [0.5, 0.6) is 0 Å². The van der Waals surface area contributed by atoms with Gasteiger partial charge in [0.1, 0.15) is 6.23 Å². The van der Waals surface area contributed by atoms with E-state index in [0.29, 0.717) is 6.42 Å². The van der Waals surface area contributed by atoms with Crippen LogP contribution in [0.3, 0.4) is 0 Å². The van der Waals surface area contributed by atoms with Gasteiger partial charge in [0.05, 0.1) is 11.7 Å². The van der Waals surface area contributed by atoms with Gasteiger partial charge < -0.3 is 9.33 Å². The first kappa shape index (κ1) is 21.2. The molecule has 3 atom stereocenters. The third-order valence-corrected chi connectivity index (χ3v) is 11.0. The normalized spacial score (nSPS) is 20.5. The van der Waals surface area contributed by atoms with Gasteiger partial charge in [0.2, 0.25) is 5.91 Å². The average Bonchev–Trinajstić information content (AvgIpc) is 2.50. The zero-order valence-electron chi connectivity index (χ0n) is 17.3. The number of hydrogen-bond acceptors (Lipinski definition) is 4. The van der Waals surface area contributed by atoms with Gasteiger partial charge in [-0.05, 0) is 43.6 Å². The Hall–Kier alpha value is -1.11. The van der Waals surface area contributed by atoms with E-state index in [4.69, 9.17) is 16.6 Å². The summed E-state index contributed by atoms with van der Waals surface area (Å²) >= 11 is 5.68. The Balaban J connectivity index is 2.11. The molecule has 1 fully saturated rings. The van der Waals surface area contributed by atoms with Crippen LogP contribution < -0.4 is 0 Å². The summed E-state index contributed by atoms with van der Waals surface area (Å²) in [5.74, 6) is 0.219. The van der Waals surface area contributed by atoms with Crippen molar-refractivity contribution in [2.45, 2.75) is 78.4 Å². The first-order valence-corrected chi connectivity index (χ1v) is 12.6. The Kier molecular flexibility index (Phi) is 6.10. The highest BCUT2D eigenvalue weighted by atomic mass is 32.1. The third kappa shape index (κ3) is 4.23. The van der Waals surface area contributed by atoms with Gasteiger partial charge >= 0.3 is 0 Å². The topological polar surface area (TPSA) is 42.4 Å². The Morgan fingerprint density at radius 1 is 1.35 bits per heavy atom. The van der Waals surface area contributed by atoms with Crippen LogP contribution in [-0.4, -0.2) is 41.2 Å². The number of β-lactam (4-membered cyclic amide) rings is 1. The molecule has 144 valence electrons. The first-order valence-electron chi connectivity index (χ1n) is 9.31. The molecule has 26 heavy (non-hydrogen) atoms. The van der Waals surface area contributed by atoms with E-state index in [1.807, 2.05) is 37.1 Å². The molecule has 1 aliphatic rings. The molecule has 0 N–H and O–H groups in total. The Labute approximate surface area is 164 Å². The van der Waals surface area contributed by atoms with E-state index in [1.165, 1.54) is 0 Å². The molecular formula is C20H32N2O2SSi. The largest absolute Gasteiger partial charge is 0.397 e. The number of aromatic nitrogens is 1. The second-order valence-electron chi connectivity index (χ2n) is 8.92. The molecule has 1 saturated heterocycles. The Morgan fingerprint density at radius 2 is 1.96 bits per heavy atom. The first-order chi connectivity index (χ1) is 11.8. The molecule has 4 nitrogen and oxygen atoms in total. The van der Waals surface area contributed by atoms with Crippen LogP contribution in [-0.2, 0) is 9.22 Å².